The lowest BCUT2D eigenvalue weighted by Crippen LogP contribution is -2.32. The minimum atomic E-state index is -4.57. The molecule has 8 aromatic carbocycles. The van der Waals surface area contributed by atoms with Crippen LogP contribution in [0, 0.1) is 13.8 Å². The van der Waals surface area contributed by atoms with Crippen molar-refractivity contribution in [3.63, 3.8) is 0 Å². The Morgan fingerprint density at radius 2 is 0.881 bits per heavy atom. The molecule has 0 aliphatic heterocycles. The number of sulfonamides is 4. The maximum atomic E-state index is 12.9. The van der Waals surface area contributed by atoms with E-state index < -0.39 is 100 Å². The maximum absolute atomic E-state index is 12.9. The highest BCUT2D eigenvalue weighted by Gasteiger charge is 2.35. The van der Waals surface area contributed by atoms with Crippen LogP contribution < -0.4 is 38.6 Å². The molecule has 0 unspecified atom stereocenters. The minimum absolute atomic E-state index is 0.00241. The van der Waals surface area contributed by atoms with Crippen LogP contribution in [0.25, 0.3) is 22.5 Å². The molecule has 41 heteroatoms. The van der Waals surface area contributed by atoms with Crippen LogP contribution in [0.15, 0.2) is 202 Å². The number of hydrogen-bond acceptors (Lipinski definition) is 17. The number of carbonyl (C=O) groups excluding carboxylic acids is 1. The van der Waals surface area contributed by atoms with E-state index in [4.69, 9.17) is 19.0 Å². The van der Waals surface area contributed by atoms with Gasteiger partial charge in [-0.25, -0.2) is 62.6 Å². The lowest BCUT2D eigenvalue weighted by atomic mass is 9.79. The van der Waals surface area contributed by atoms with Crippen LogP contribution in [0.2, 0.25) is 0 Å². The minimum Gasteiger partial charge on any atom is -0.458 e. The molecule has 24 nitrogen and oxygen atoms in total. The average molecular weight is 1610 g/mol. The fourth-order valence-corrected chi connectivity index (χ4v) is 12.5. The number of imidazole rings is 1. The van der Waals surface area contributed by atoms with E-state index in [0.717, 1.165) is 83.6 Å². The van der Waals surface area contributed by atoms with Gasteiger partial charge in [0.15, 0.2) is 0 Å². The smallest absolute Gasteiger partial charge is 0.458 e. The molecule has 10 aromatic rings. The molecular weight excluding hydrogens is 1550 g/mol. The summed E-state index contributed by atoms with van der Waals surface area (Å²) in [5, 5.41) is 26.6. The van der Waals surface area contributed by atoms with Crippen molar-refractivity contribution in [2.24, 2.45) is 0 Å². The van der Waals surface area contributed by atoms with Crippen molar-refractivity contribution in [1.82, 2.24) is 44.1 Å². The Labute approximate surface area is 616 Å². The number of H-pyrrole nitrogens is 2. The number of nitrogens with zero attached hydrogens (tertiary/aromatic N) is 3. The zero-order valence-corrected chi connectivity index (χ0v) is 61.1. The Bertz CT molecular complexity index is 5200. The van der Waals surface area contributed by atoms with Crippen LogP contribution in [0.3, 0.4) is 0 Å². The first-order chi connectivity index (χ1) is 50.7. The zero-order valence-electron chi connectivity index (χ0n) is 57.8. The number of benzene rings is 8. The first-order valence-electron chi connectivity index (χ1n) is 31.0. The molecule has 0 saturated carbocycles. The number of alkyl halides is 12. The molecule has 10 rings (SSSR count). The molecule has 582 valence electrons. The van der Waals surface area contributed by atoms with Crippen LogP contribution in [0.4, 0.5) is 52.7 Å². The second-order valence-electron chi connectivity index (χ2n) is 22.6. The van der Waals surface area contributed by atoms with Gasteiger partial charge in [0.2, 0.25) is 40.1 Å². The fraction of sp³-hybridized carbons (Fsp3) is 0.191. The number of hydrogen-bond donors (Lipinski definition) is 8. The van der Waals surface area contributed by atoms with E-state index in [1.165, 1.54) is 146 Å². The van der Waals surface area contributed by atoms with Gasteiger partial charge in [0.05, 0.1) is 66.5 Å². The summed E-state index contributed by atoms with van der Waals surface area (Å²) in [5.74, 6) is -0.146. The first kappa shape index (κ1) is 86.0. The second-order valence-corrected chi connectivity index (χ2v) is 30.1. The van der Waals surface area contributed by atoms with Gasteiger partial charge in [0.25, 0.3) is 5.91 Å². The molecular formula is C68H64BF12N9O15S4. The highest BCUT2D eigenvalue weighted by molar-refractivity contribution is 7.90. The summed E-state index contributed by atoms with van der Waals surface area (Å²) in [6.07, 6.45) is -16.6. The normalized spacial score (nSPS) is 12.1. The molecule has 1 amide bonds. The van der Waals surface area contributed by atoms with Crippen LogP contribution >= 0.6 is 0 Å². The summed E-state index contributed by atoms with van der Waals surface area (Å²) >= 11 is 0. The monoisotopic (exact) mass is 1610 g/mol. The number of nitrogens with one attached hydrogen (secondary N) is 6. The third-order valence-corrected chi connectivity index (χ3v) is 20.8. The molecule has 109 heavy (non-hydrogen) atoms. The highest BCUT2D eigenvalue weighted by Crippen LogP contribution is 2.41. The summed E-state index contributed by atoms with van der Waals surface area (Å²) < 4.78 is 276. The quantitative estimate of drug-likeness (QED) is 0.0188. The molecule has 0 aliphatic rings. The van der Waals surface area contributed by atoms with Gasteiger partial charge in [-0.05, 0) is 193 Å². The third-order valence-electron chi connectivity index (χ3n) is 15.1. The largest absolute Gasteiger partial charge is 0.492 e. The lowest BCUT2D eigenvalue weighted by molar-refractivity contribution is -0.138. The van der Waals surface area contributed by atoms with Gasteiger partial charge in [-0.3, -0.25) is 14.7 Å². The third kappa shape index (κ3) is 22.9. The van der Waals surface area contributed by atoms with Crippen molar-refractivity contribution in [3.8, 4) is 57.0 Å². The number of aromatic nitrogens is 4. The Hall–Kier alpha value is -10.2. The van der Waals surface area contributed by atoms with Gasteiger partial charge >= 0.3 is 31.8 Å². The number of halogens is 12. The number of aromatic amines is 2. The number of rotatable bonds is 21. The van der Waals surface area contributed by atoms with E-state index >= 15 is 0 Å². The van der Waals surface area contributed by atoms with Gasteiger partial charge in [-0.2, -0.15) is 57.8 Å². The number of aryl methyl sites for hydroxylation is 2. The number of ether oxygens (including phenoxy) is 3. The molecule has 0 spiro atoms. The van der Waals surface area contributed by atoms with Gasteiger partial charge < -0.3 is 29.2 Å². The molecule has 2 aromatic heterocycles. The Morgan fingerprint density at radius 1 is 0.495 bits per heavy atom. The van der Waals surface area contributed by atoms with E-state index in [0.29, 0.717) is 39.5 Å². The number of hydroxylamine groups is 2. The lowest BCUT2D eigenvalue weighted by Gasteiger charge is -2.17. The van der Waals surface area contributed by atoms with Gasteiger partial charge in [-0.15, -0.1) is 0 Å². The predicted octanol–water partition coefficient (Wildman–Crippen LogP) is 12.1. The van der Waals surface area contributed by atoms with E-state index in [9.17, 15) is 101 Å². The van der Waals surface area contributed by atoms with E-state index in [1.54, 1.807) is 19.9 Å². The summed E-state index contributed by atoms with van der Waals surface area (Å²) in [6.45, 7) is 3.48. The molecule has 0 saturated heterocycles. The van der Waals surface area contributed by atoms with Crippen molar-refractivity contribution in [2.45, 2.75) is 64.6 Å². The molecule has 0 radical (unpaired) electrons. The van der Waals surface area contributed by atoms with Crippen molar-refractivity contribution in [3.05, 3.63) is 233 Å². The summed E-state index contributed by atoms with van der Waals surface area (Å²) in [6, 6.07) is 34.4. The maximum Gasteiger partial charge on any atom is 0.492 e. The van der Waals surface area contributed by atoms with Crippen molar-refractivity contribution in [1.29, 1.82) is 0 Å². The average Bonchev–Trinajstić information content (AvgIpc) is 1.71. The molecule has 2 heterocycles. The van der Waals surface area contributed by atoms with Gasteiger partial charge in [-0.1, -0.05) is 42.5 Å². The highest BCUT2D eigenvalue weighted by atomic mass is 32.2. The summed E-state index contributed by atoms with van der Waals surface area (Å²) in [4.78, 5) is 24.0. The van der Waals surface area contributed by atoms with Crippen LogP contribution in [0.1, 0.15) is 55.3 Å². The number of carbonyl (C=O) groups is 1. The first-order valence-corrected chi connectivity index (χ1v) is 36.9. The van der Waals surface area contributed by atoms with Crippen LogP contribution in [-0.2, 0) is 76.1 Å². The molecule has 8 N–H and O–H groups in total. The zero-order chi connectivity index (χ0) is 81.0. The summed E-state index contributed by atoms with van der Waals surface area (Å²) in [7, 11) is -9.63. The Kier molecular flexibility index (Phi) is 27.6. The Morgan fingerprint density at radius 3 is 1.28 bits per heavy atom. The molecule has 0 aliphatic carbocycles. The molecule has 0 bridgehead atoms. The predicted molar refractivity (Wildman–Crippen MR) is 373 cm³/mol. The summed E-state index contributed by atoms with van der Waals surface area (Å²) in [5.41, 5.74) is -0.806. The van der Waals surface area contributed by atoms with Gasteiger partial charge in [0.1, 0.15) is 40.3 Å². The standard InChI is InChI=1S/2C18H16F3N3O3S.C18H19F3N2O4S.C14H13BF3NO5S/c1-11-23-10-16(24-11)15-9-14(28(25,26)22-2)6-7-17(15)27-13-5-3-4-12(8-13)18(19,20)21;1-11-8-16(24-23-11)15-10-14(28(25,26)22-2)6-7-17(15)27-13-5-3-4-12(9-13)18(19,20)21;1-22-28(25,26)15-8-7-13(16(11-15)17(24)23(2)27-3)9-12-5-4-6-14(10-12)18(19,20)21;1-19-25(22,23)11-5-6-13(12(8-11)15(20)21)24-10-4-2-3-9(7-10)14(16,17)18/h2*3-10,22H,1-2H3,(H,23,24);4-8,10-11,22H,9H2,1-3H3;2-8,19-21H,1H3. The fourth-order valence-electron chi connectivity index (χ4n) is 9.51. The number of amides is 1. The topological polar surface area (TPSA) is 340 Å². The van der Waals surface area contributed by atoms with E-state index in [2.05, 4.69) is 39.1 Å². The second kappa shape index (κ2) is 35.0. The molecule has 0 atom stereocenters. The van der Waals surface area contributed by atoms with E-state index in [-0.39, 0.29) is 71.5 Å². The van der Waals surface area contributed by atoms with Crippen molar-refractivity contribution < 1.29 is 120 Å². The van der Waals surface area contributed by atoms with Crippen LogP contribution in [-0.4, -0.2) is 124 Å². The molecule has 0 fully saturated rings. The van der Waals surface area contributed by atoms with Crippen LogP contribution in [0.5, 0.6) is 34.5 Å². The van der Waals surface area contributed by atoms with Gasteiger partial charge in [0, 0.05) is 34.9 Å². The van der Waals surface area contributed by atoms with E-state index in [1.807, 2.05) is 0 Å². The SMILES string of the molecule is CNS(=O)(=O)c1ccc(Cc2cccc(C(F)(F)F)c2)c(C(=O)N(C)OC)c1.CNS(=O)(=O)c1ccc(Oc2cccc(C(F)(F)F)c2)c(-c2cc(C)[nH]n2)c1.CNS(=O)(=O)c1ccc(Oc2cccc(C(F)(F)F)c2)c(-c2cnc(C)[nH]2)c1.CNS(=O)(=O)c1ccc(Oc2cccc(C(F)(F)F)c2)c(B(O)O)c1. The van der Waals surface area contributed by atoms with Crippen molar-refractivity contribution >= 4 is 58.6 Å². The van der Waals surface area contributed by atoms with Crippen molar-refractivity contribution in [2.75, 3.05) is 42.3 Å². The Balaban J connectivity index is 0.000000202.